The molecule has 1 aliphatic carbocycles. The highest BCUT2D eigenvalue weighted by Crippen LogP contribution is 2.38. The molecule has 2 aliphatic rings. The first kappa shape index (κ1) is 14.1. The van der Waals surface area contributed by atoms with Gasteiger partial charge in [0.25, 0.3) is 11.5 Å². The van der Waals surface area contributed by atoms with Gasteiger partial charge >= 0.3 is 6.18 Å². The van der Waals surface area contributed by atoms with Gasteiger partial charge in [0.15, 0.2) is 0 Å². The molecule has 21 heavy (non-hydrogen) atoms. The molecular weight excluding hydrogens is 287 g/mol. The van der Waals surface area contributed by atoms with Crippen molar-refractivity contribution in [2.75, 3.05) is 6.54 Å². The van der Waals surface area contributed by atoms with Gasteiger partial charge in [-0.1, -0.05) is 0 Å². The molecule has 0 aromatic carbocycles. The Balaban J connectivity index is 1.89. The fraction of sp³-hybridized carbons (Fsp3) is 0.615. The maximum absolute atomic E-state index is 12.9. The summed E-state index contributed by atoms with van der Waals surface area (Å²) in [6.45, 7) is 0.0379. The fourth-order valence-corrected chi connectivity index (χ4v) is 2.63. The number of amides is 1. The lowest BCUT2D eigenvalue weighted by molar-refractivity contribution is -0.169. The molecular formula is C13H14F3N3O2. The van der Waals surface area contributed by atoms with E-state index in [1.165, 1.54) is 0 Å². The minimum absolute atomic E-state index is 0.0379. The van der Waals surface area contributed by atoms with Crippen LogP contribution in [-0.2, 0) is 0 Å². The maximum Gasteiger partial charge on any atom is 0.408 e. The van der Waals surface area contributed by atoms with Crippen molar-refractivity contribution in [3.8, 4) is 0 Å². The average Bonchev–Trinajstić information content (AvgIpc) is 3.12. The predicted octanol–water partition coefficient (Wildman–Crippen LogP) is 1.81. The SMILES string of the molecule is O=C(c1cc(=O)[nH]c(C2CC2)n1)N1CCC[C@H]1C(F)(F)F. The standard InChI is InChI=1S/C13H14F3N3O2/c14-13(15,16)9-2-1-5-19(9)12(21)8-6-10(20)18-11(17-8)7-3-4-7/h6-7,9H,1-5H2,(H,17,18,20)/t9-/m0/s1. The second-order valence-corrected chi connectivity index (χ2v) is 5.49. The smallest absolute Gasteiger partial charge is 0.325 e. The van der Waals surface area contributed by atoms with Crippen LogP contribution >= 0.6 is 0 Å². The molecule has 114 valence electrons. The van der Waals surface area contributed by atoms with Crippen LogP contribution in [0.3, 0.4) is 0 Å². The highest BCUT2D eigenvalue weighted by atomic mass is 19.4. The van der Waals surface area contributed by atoms with Crippen LogP contribution in [0.25, 0.3) is 0 Å². The van der Waals surface area contributed by atoms with Crippen molar-refractivity contribution in [1.82, 2.24) is 14.9 Å². The highest BCUT2D eigenvalue weighted by molar-refractivity contribution is 5.92. The Bertz CT molecular complexity index is 622. The molecule has 1 saturated carbocycles. The number of aromatic nitrogens is 2. The van der Waals surface area contributed by atoms with Gasteiger partial charge in [-0.25, -0.2) is 4.98 Å². The normalized spacial score (nSPS) is 22.6. The van der Waals surface area contributed by atoms with Crippen molar-refractivity contribution in [1.29, 1.82) is 0 Å². The Hall–Kier alpha value is -1.86. The number of alkyl halides is 3. The molecule has 8 heteroatoms. The first-order valence-corrected chi connectivity index (χ1v) is 6.85. The van der Waals surface area contributed by atoms with Crippen molar-refractivity contribution in [2.24, 2.45) is 0 Å². The van der Waals surface area contributed by atoms with Gasteiger partial charge in [-0.3, -0.25) is 9.59 Å². The van der Waals surface area contributed by atoms with Crippen molar-refractivity contribution >= 4 is 5.91 Å². The molecule has 1 saturated heterocycles. The minimum atomic E-state index is -4.45. The van der Waals surface area contributed by atoms with Crippen LogP contribution in [0, 0.1) is 0 Å². The lowest BCUT2D eigenvalue weighted by Crippen LogP contribution is -2.45. The lowest BCUT2D eigenvalue weighted by atomic mass is 10.2. The van der Waals surface area contributed by atoms with Crippen LogP contribution in [0.5, 0.6) is 0 Å². The zero-order valence-corrected chi connectivity index (χ0v) is 11.1. The molecule has 1 aromatic rings. The van der Waals surface area contributed by atoms with Crippen molar-refractivity contribution in [2.45, 2.75) is 43.8 Å². The number of rotatable bonds is 2. The van der Waals surface area contributed by atoms with Crippen LogP contribution in [0.1, 0.15) is 47.9 Å². The number of H-pyrrole nitrogens is 1. The van der Waals surface area contributed by atoms with Crippen LogP contribution < -0.4 is 5.56 Å². The second-order valence-electron chi connectivity index (χ2n) is 5.49. The summed E-state index contributed by atoms with van der Waals surface area (Å²) < 4.78 is 38.7. The van der Waals surface area contributed by atoms with Crippen LogP contribution in [0.15, 0.2) is 10.9 Å². The molecule has 2 heterocycles. The molecule has 0 spiro atoms. The van der Waals surface area contributed by atoms with Crippen LogP contribution in [0.2, 0.25) is 0 Å². The van der Waals surface area contributed by atoms with E-state index in [0.717, 1.165) is 23.8 Å². The number of hydrogen-bond acceptors (Lipinski definition) is 3. The van der Waals surface area contributed by atoms with Crippen molar-refractivity contribution in [3.63, 3.8) is 0 Å². The Morgan fingerprint density at radius 1 is 1.33 bits per heavy atom. The third kappa shape index (κ3) is 2.79. The van der Waals surface area contributed by atoms with E-state index in [-0.39, 0.29) is 24.6 Å². The van der Waals surface area contributed by atoms with Gasteiger partial charge < -0.3 is 9.88 Å². The van der Waals surface area contributed by atoms with Gasteiger partial charge in [0, 0.05) is 18.5 Å². The molecule has 1 aromatic heterocycles. The Kier molecular flexibility index (Phi) is 3.26. The van der Waals surface area contributed by atoms with Gasteiger partial charge in [0.2, 0.25) is 0 Å². The van der Waals surface area contributed by atoms with E-state index in [4.69, 9.17) is 0 Å². The maximum atomic E-state index is 12.9. The largest absolute Gasteiger partial charge is 0.408 e. The third-order valence-corrected chi connectivity index (χ3v) is 3.83. The van der Waals surface area contributed by atoms with Crippen molar-refractivity contribution < 1.29 is 18.0 Å². The van der Waals surface area contributed by atoms with Crippen LogP contribution in [0.4, 0.5) is 13.2 Å². The number of aromatic amines is 1. The van der Waals surface area contributed by atoms with E-state index in [2.05, 4.69) is 9.97 Å². The Morgan fingerprint density at radius 3 is 2.67 bits per heavy atom. The zero-order chi connectivity index (χ0) is 15.2. The summed E-state index contributed by atoms with van der Waals surface area (Å²) in [5.74, 6) is -0.307. The number of halogens is 3. The van der Waals surface area contributed by atoms with E-state index < -0.39 is 23.7 Å². The molecule has 1 atom stereocenters. The van der Waals surface area contributed by atoms with Gasteiger partial charge in [0.05, 0.1) is 0 Å². The van der Waals surface area contributed by atoms with E-state index in [1.54, 1.807) is 0 Å². The number of likely N-dealkylation sites (tertiary alicyclic amines) is 1. The molecule has 0 radical (unpaired) electrons. The van der Waals surface area contributed by atoms with Gasteiger partial charge in [-0.2, -0.15) is 13.2 Å². The summed E-state index contributed by atoms with van der Waals surface area (Å²) >= 11 is 0. The third-order valence-electron chi connectivity index (χ3n) is 3.83. The molecule has 0 unspecified atom stereocenters. The number of hydrogen-bond donors (Lipinski definition) is 1. The summed E-state index contributed by atoms with van der Waals surface area (Å²) in [5.41, 5.74) is -0.699. The van der Waals surface area contributed by atoms with Gasteiger partial charge in [-0.15, -0.1) is 0 Å². The van der Waals surface area contributed by atoms with E-state index in [0.29, 0.717) is 12.2 Å². The molecule has 1 N–H and O–H groups in total. The number of carbonyl (C=O) groups excluding carboxylic acids is 1. The number of carbonyl (C=O) groups is 1. The summed E-state index contributed by atoms with van der Waals surface area (Å²) in [5, 5.41) is 0. The molecule has 1 amide bonds. The quantitative estimate of drug-likeness (QED) is 0.906. The summed E-state index contributed by atoms with van der Waals surface area (Å²) in [6, 6.07) is -0.810. The second kappa shape index (κ2) is 4.85. The molecule has 1 aliphatic heterocycles. The Morgan fingerprint density at radius 2 is 2.05 bits per heavy atom. The van der Waals surface area contributed by atoms with Crippen LogP contribution in [-0.4, -0.2) is 39.5 Å². The first-order valence-electron chi connectivity index (χ1n) is 6.85. The highest BCUT2D eigenvalue weighted by Gasteiger charge is 2.48. The van der Waals surface area contributed by atoms with Gasteiger partial charge in [-0.05, 0) is 25.7 Å². The van der Waals surface area contributed by atoms with Crippen molar-refractivity contribution in [3.05, 3.63) is 27.9 Å². The molecule has 2 fully saturated rings. The first-order chi connectivity index (χ1) is 9.86. The zero-order valence-electron chi connectivity index (χ0n) is 11.1. The van der Waals surface area contributed by atoms with Gasteiger partial charge in [0.1, 0.15) is 17.6 Å². The summed E-state index contributed by atoms with van der Waals surface area (Å²) in [4.78, 5) is 31.2. The number of nitrogens with zero attached hydrogens (tertiary/aromatic N) is 2. The molecule has 3 rings (SSSR count). The average molecular weight is 301 g/mol. The molecule has 0 bridgehead atoms. The monoisotopic (exact) mass is 301 g/mol. The summed E-state index contributed by atoms with van der Waals surface area (Å²) in [7, 11) is 0. The topological polar surface area (TPSA) is 66.1 Å². The predicted molar refractivity (Wildman–Crippen MR) is 66.9 cm³/mol. The minimum Gasteiger partial charge on any atom is -0.325 e. The van der Waals surface area contributed by atoms with E-state index >= 15 is 0 Å². The fourth-order valence-electron chi connectivity index (χ4n) is 2.63. The lowest BCUT2D eigenvalue weighted by Gasteiger charge is -2.26. The summed E-state index contributed by atoms with van der Waals surface area (Å²) in [6.07, 6.45) is -2.51. The number of nitrogens with one attached hydrogen (secondary N) is 1. The van der Waals surface area contributed by atoms with E-state index in [9.17, 15) is 22.8 Å². The Labute approximate surface area is 118 Å². The van der Waals surface area contributed by atoms with E-state index in [1.807, 2.05) is 0 Å². The molecule has 5 nitrogen and oxygen atoms in total.